The van der Waals surface area contributed by atoms with Gasteiger partial charge in [-0.05, 0) is 12.5 Å². The van der Waals surface area contributed by atoms with Crippen molar-refractivity contribution in [2.75, 3.05) is 0 Å². The van der Waals surface area contributed by atoms with Gasteiger partial charge in [0.05, 0.1) is 3.74 Å². The van der Waals surface area contributed by atoms with Crippen molar-refractivity contribution in [1.82, 2.24) is 0 Å². The molecule has 0 radical (unpaired) electrons. The Bertz CT molecular complexity index is 76.8. The molecule has 0 N–H and O–H groups in total. The summed E-state index contributed by atoms with van der Waals surface area (Å²) in [4.78, 5) is 0. The molecule has 0 saturated heterocycles. The molecule has 0 saturated carbocycles. The topological polar surface area (TPSA) is 0 Å². The van der Waals surface area contributed by atoms with Gasteiger partial charge in [-0.15, -0.1) is 0 Å². The van der Waals surface area contributed by atoms with Gasteiger partial charge in [-0.3, -0.25) is 0 Å². The first kappa shape index (κ1) is 11.6. The molecule has 0 amide bonds. The maximum absolute atomic E-state index is 3.54. The second-order valence-corrected chi connectivity index (χ2v) is 28.5. The van der Waals surface area contributed by atoms with Gasteiger partial charge >= 0.3 is 0 Å². The molecule has 6 heteroatoms. The maximum Gasteiger partial charge on any atom is 0.267 e. The third kappa shape index (κ3) is 10.6. The molecule has 0 unspecified atom stereocenters. The molecule has 0 rings (SSSR count). The first-order valence-electron chi connectivity index (χ1n) is 2.27. The highest BCUT2D eigenvalue weighted by molar-refractivity contribution is 9.72. The summed E-state index contributed by atoms with van der Waals surface area (Å²) in [5, 5.41) is 0. The second kappa shape index (κ2) is 5.30. The average Bonchev–Trinajstić information content (AvgIpc) is 1.59. The van der Waals surface area contributed by atoms with Crippen LogP contribution in [-0.4, -0.2) is 7.67 Å². The van der Waals surface area contributed by atoms with Crippen LogP contribution in [0.2, 0.25) is 6.04 Å². The summed E-state index contributed by atoms with van der Waals surface area (Å²) in [6.45, 7) is 0. The van der Waals surface area contributed by atoms with E-state index in [4.69, 9.17) is 0 Å². The molecule has 0 atom stereocenters. The zero-order valence-electron chi connectivity index (χ0n) is 4.38. The number of hydrogen-bond acceptors (Lipinski definition) is 0. The zero-order chi connectivity index (χ0) is 7.49. The Morgan fingerprint density at radius 3 is 1.67 bits per heavy atom. The molecule has 56 valence electrons. The fraction of sp³-hybridized carbons (Fsp3) is 1.00. The normalized spacial score (nSPS) is 12.7. The fourth-order valence-electron chi connectivity index (χ4n) is 0.273. The molecule has 0 aromatic carbocycles. The van der Waals surface area contributed by atoms with E-state index in [0.29, 0.717) is 3.74 Å². The van der Waals surface area contributed by atoms with Gasteiger partial charge < -0.3 is 0 Å². The lowest BCUT2D eigenvalue weighted by atomic mass is 10.6. The van der Waals surface area contributed by atoms with Crippen molar-refractivity contribution in [3.05, 3.63) is 0 Å². The third-order valence-electron chi connectivity index (χ3n) is 0.646. The van der Waals surface area contributed by atoms with Gasteiger partial charge in [-0.1, -0.05) is 77.7 Å². The van der Waals surface area contributed by atoms with E-state index in [0.717, 1.165) is 12.5 Å². The smallest absolute Gasteiger partial charge is 0.0964 e. The standard InChI is InChI=1S/C3H5Br5Si/c4-3(5)1-2-9(6,7)8/h3H,1-2H2. The monoisotopic (exact) mass is 464 g/mol. The highest BCUT2D eigenvalue weighted by Crippen LogP contribution is 2.35. The molecule has 0 spiro atoms. The highest BCUT2D eigenvalue weighted by atomic mass is 80.0. The van der Waals surface area contributed by atoms with Crippen LogP contribution in [0.3, 0.4) is 0 Å². The van der Waals surface area contributed by atoms with Crippen molar-refractivity contribution < 1.29 is 0 Å². The maximum atomic E-state index is 3.54. The molecule has 0 bridgehead atoms. The van der Waals surface area contributed by atoms with E-state index in [2.05, 4.69) is 77.7 Å². The van der Waals surface area contributed by atoms with Gasteiger partial charge in [0.15, 0.2) is 0 Å². The van der Waals surface area contributed by atoms with Crippen LogP contribution in [0.5, 0.6) is 0 Å². The van der Waals surface area contributed by atoms with E-state index in [9.17, 15) is 0 Å². The molecule has 0 fully saturated rings. The molecule has 0 aromatic rings. The van der Waals surface area contributed by atoms with Crippen molar-refractivity contribution in [3.63, 3.8) is 0 Å². The van der Waals surface area contributed by atoms with Crippen LogP contribution in [0.1, 0.15) is 6.42 Å². The van der Waals surface area contributed by atoms with E-state index in [-0.39, 0.29) is 0 Å². The summed E-state index contributed by atoms with van der Waals surface area (Å²) in [5.74, 6) is 0. The Morgan fingerprint density at radius 2 is 1.56 bits per heavy atom. The number of alkyl halides is 2. The SMILES string of the molecule is BrC(Br)CC[Si](Br)(Br)Br. The second-order valence-electron chi connectivity index (χ2n) is 1.54. The molecule has 0 aliphatic carbocycles. The van der Waals surface area contributed by atoms with E-state index < -0.39 is 3.93 Å². The summed E-state index contributed by atoms with van der Waals surface area (Å²) in [7, 11) is 0. The fourth-order valence-corrected chi connectivity index (χ4v) is 4.25. The van der Waals surface area contributed by atoms with Crippen molar-refractivity contribution in [1.29, 1.82) is 0 Å². The van der Waals surface area contributed by atoms with E-state index >= 15 is 0 Å². The van der Waals surface area contributed by atoms with E-state index in [1.165, 1.54) is 0 Å². The lowest BCUT2D eigenvalue weighted by Crippen LogP contribution is -2.06. The molecule has 0 aliphatic heterocycles. The van der Waals surface area contributed by atoms with Crippen molar-refractivity contribution in [2.45, 2.75) is 16.2 Å². The molecular weight excluding hydrogens is 464 g/mol. The van der Waals surface area contributed by atoms with Gasteiger partial charge in [0.2, 0.25) is 0 Å². The predicted octanol–water partition coefficient (Wildman–Crippen LogP) is 4.62. The van der Waals surface area contributed by atoms with Gasteiger partial charge in [0, 0.05) is 0 Å². The van der Waals surface area contributed by atoms with Gasteiger partial charge in [-0.2, -0.15) is 0 Å². The Balaban J connectivity index is 3.28. The molecule has 0 aliphatic rings. The number of halogens is 5. The van der Waals surface area contributed by atoms with Crippen molar-refractivity contribution in [2.24, 2.45) is 0 Å². The van der Waals surface area contributed by atoms with Crippen molar-refractivity contribution in [3.8, 4) is 0 Å². The largest absolute Gasteiger partial charge is 0.267 e. The zero-order valence-corrected chi connectivity index (χ0v) is 13.3. The summed E-state index contributed by atoms with van der Waals surface area (Å²) in [6, 6.07) is 1.15. The molecular formula is C3H5Br5Si. The summed E-state index contributed by atoms with van der Waals surface area (Å²) in [6.07, 6.45) is 1.12. The van der Waals surface area contributed by atoms with Crippen LogP contribution in [0.4, 0.5) is 0 Å². The van der Waals surface area contributed by atoms with Crippen LogP contribution in [0, 0.1) is 0 Å². The quantitative estimate of drug-likeness (QED) is 0.322. The average molecular weight is 469 g/mol. The Kier molecular flexibility index (Phi) is 6.84. The van der Waals surface area contributed by atoms with E-state index in [1.807, 2.05) is 0 Å². The molecule has 0 aromatic heterocycles. The Morgan fingerprint density at radius 1 is 1.11 bits per heavy atom. The van der Waals surface area contributed by atoms with E-state index in [1.54, 1.807) is 0 Å². The third-order valence-corrected chi connectivity index (χ3v) is 5.99. The van der Waals surface area contributed by atoms with Crippen LogP contribution >= 0.6 is 77.7 Å². The summed E-state index contributed by atoms with van der Waals surface area (Å²) >= 11 is 17.4. The van der Waals surface area contributed by atoms with Crippen LogP contribution in [0.25, 0.3) is 0 Å². The first-order valence-corrected chi connectivity index (χ1v) is 13.1. The molecule has 9 heavy (non-hydrogen) atoms. The van der Waals surface area contributed by atoms with Crippen LogP contribution in [-0.2, 0) is 0 Å². The summed E-state index contributed by atoms with van der Waals surface area (Å²) in [5.41, 5.74) is 0. The minimum Gasteiger partial charge on any atom is -0.0964 e. The van der Waals surface area contributed by atoms with Crippen molar-refractivity contribution >= 4 is 81.7 Å². The summed E-state index contributed by atoms with van der Waals surface area (Å²) < 4.78 is -0.908. The Hall–Kier alpha value is 2.62. The van der Waals surface area contributed by atoms with Gasteiger partial charge in [0.1, 0.15) is 0 Å². The van der Waals surface area contributed by atoms with Gasteiger partial charge in [0.25, 0.3) is 3.93 Å². The Labute approximate surface area is 96.5 Å². The van der Waals surface area contributed by atoms with Crippen LogP contribution < -0.4 is 0 Å². The predicted molar refractivity (Wildman–Crippen MR) is 63.6 cm³/mol. The molecule has 0 nitrogen and oxygen atoms in total. The molecule has 0 heterocycles. The minimum atomic E-state index is -1.34. The minimum absolute atomic E-state index is 0.435. The first-order chi connectivity index (χ1) is 3.92. The lowest BCUT2D eigenvalue weighted by molar-refractivity contribution is 1.07. The number of hydrogen-bond donors (Lipinski definition) is 0. The van der Waals surface area contributed by atoms with Gasteiger partial charge in [-0.25, -0.2) is 0 Å². The highest BCUT2D eigenvalue weighted by Gasteiger charge is 2.22. The van der Waals surface area contributed by atoms with Crippen LogP contribution in [0.15, 0.2) is 0 Å². The number of rotatable bonds is 3. The lowest BCUT2D eigenvalue weighted by Gasteiger charge is -2.08.